The molecule has 3 rings (SSSR count). The Morgan fingerprint density at radius 2 is 1.82 bits per heavy atom. The minimum atomic E-state index is -5.00. The number of anilines is 1. The van der Waals surface area contributed by atoms with Crippen LogP contribution in [0.25, 0.3) is 0 Å². The van der Waals surface area contributed by atoms with E-state index in [0.29, 0.717) is 31.7 Å². The largest absolute Gasteiger partial charge is 0.463 e. The highest BCUT2D eigenvalue weighted by Gasteiger charge is 2.56. The van der Waals surface area contributed by atoms with Gasteiger partial charge in [-0.15, -0.1) is 0 Å². The van der Waals surface area contributed by atoms with Crippen LogP contribution in [0.4, 0.5) is 32.2 Å². The third-order valence-electron chi connectivity index (χ3n) is 5.67. The summed E-state index contributed by atoms with van der Waals surface area (Å²) in [6.07, 6.45) is -8.84. The van der Waals surface area contributed by atoms with Gasteiger partial charge in [-0.2, -0.15) is 26.3 Å². The lowest BCUT2D eigenvalue weighted by Gasteiger charge is -2.32. The van der Waals surface area contributed by atoms with Crippen molar-refractivity contribution in [3.05, 3.63) is 47.5 Å². The summed E-state index contributed by atoms with van der Waals surface area (Å²) in [6, 6.07) is 4.56. The van der Waals surface area contributed by atoms with E-state index in [-0.39, 0.29) is 5.76 Å². The van der Waals surface area contributed by atoms with Crippen LogP contribution < -0.4 is 10.2 Å². The summed E-state index contributed by atoms with van der Waals surface area (Å²) < 4.78 is 83.4. The van der Waals surface area contributed by atoms with Crippen molar-refractivity contribution in [3.63, 3.8) is 0 Å². The molecular formula is C21H23F6N3O3. The van der Waals surface area contributed by atoms with E-state index in [0.717, 1.165) is 18.3 Å². The number of amides is 1. The summed E-state index contributed by atoms with van der Waals surface area (Å²) in [5, 5.41) is 12.7. The maximum Gasteiger partial charge on any atom is 0.424 e. The fraction of sp³-hybridized carbons (Fsp3) is 0.524. The third-order valence-corrected chi connectivity index (χ3v) is 5.67. The van der Waals surface area contributed by atoms with Gasteiger partial charge in [0.05, 0.1) is 5.56 Å². The molecule has 6 nitrogen and oxygen atoms in total. The molecule has 3 heterocycles. The van der Waals surface area contributed by atoms with Crippen molar-refractivity contribution in [1.29, 1.82) is 0 Å². The number of furan rings is 1. The van der Waals surface area contributed by atoms with Gasteiger partial charge >= 0.3 is 12.4 Å². The zero-order valence-corrected chi connectivity index (χ0v) is 17.6. The topological polar surface area (TPSA) is 78.6 Å². The fourth-order valence-electron chi connectivity index (χ4n) is 3.68. The second-order valence-electron chi connectivity index (χ2n) is 7.97. The Kier molecular flexibility index (Phi) is 6.96. The highest BCUT2D eigenvalue weighted by molar-refractivity contribution is 5.79. The minimum absolute atomic E-state index is 0.214. The normalized spacial score (nSPS) is 17.6. The van der Waals surface area contributed by atoms with Gasteiger partial charge in [0.1, 0.15) is 17.3 Å². The first-order valence-corrected chi connectivity index (χ1v) is 10.2. The van der Waals surface area contributed by atoms with E-state index in [1.807, 2.05) is 0 Å². The molecule has 2 aromatic heterocycles. The molecule has 2 aromatic rings. The van der Waals surface area contributed by atoms with Crippen molar-refractivity contribution in [2.45, 2.75) is 44.1 Å². The maximum absolute atomic E-state index is 13.5. The van der Waals surface area contributed by atoms with Gasteiger partial charge in [-0.05, 0) is 44.0 Å². The van der Waals surface area contributed by atoms with Crippen LogP contribution in [-0.2, 0) is 16.6 Å². The number of aliphatic hydroxyl groups is 1. The van der Waals surface area contributed by atoms with E-state index >= 15 is 0 Å². The van der Waals surface area contributed by atoms with E-state index in [1.54, 1.807) is 4.90 Å². The Labute approximate surface area is 185 Å². The number of nitrogens with zero attached hydrogens (tertiary/aromatic N) is 2. The molecule has 0 saturated carbocycles. The van der Waals surface area contributed by atoms with Gasteiger partial charge in [0, 0.05) is 38.2 Å². The van der Waals surface area contributed by atoms with Crippen molar-refractivity contribution >= 4 is 11.7 Å². The lowest BCUT2D eigenvalue weighted by Crippen LogP contribution is -2.46. The Balaban J connectivity index is 1.52. The molecule has 33 heavy (non-hydrogen) atoms. The van der Waals surface area contributed by atoms with Crippen molar-refractivity contribution in [2.75, 3.05) is 24.5 Å². The summed E-state index contributed by atoms with van der Waals surface area (Å²) in [6.45, 7) is 1.74. The molecular weight excluding hydrogens is 456 g/mol. The summed E-state index contributed by atoms with van der Waals surface area (Å²) in [5.41, 5.74) is -4.09. The number of carbonyl (C=O) groups excluding carboxylic acids is 1. The molecule has 0 aliphatic carbocycles. The van der Waals surface area contributed by atoms with Gasteiger partial charge in [0.15, 0.2) is 0 Å². The van der Waals surface area contributed by atoms with Crippen LogP contribution in [0, 0.1) is 12.8 Å². The Bertz CT molecular complexity index is 949. The smallest absolute Gasteiger partial charge is 0.424 e. The van der Waals surface area contributed by atoms with Gasteiger partial charge < -0.3 is 19.7 Å². The molecule has 0 spiro atoms. The Morgan fingerprint density at radius 1 is 1.15 bits per heavy atom. The summed E-state index contributed by atoms with van der Waals surface area (Å²) in [4.78, 5) is 18.0. The SMILES string of the molecule is Cc1ccc(C(O)(CCNC(=O)C2CCN(c3ccc(C(F)(F)F)cn3)CC2)C(F)(F)F)o1. The molecule has 1 aliphatic heterocycles. The molecule has 1 unspecified atom stereocenters. The Hall–Kier alpha value is -2.76. The number of hydrogen-bond donors (Lipinski definition) is 2. The predicted molar refractivity (Wildman–Crippen MR) is 105 cm³/mol. The van der Waals surface area contributed by atoms with E-state index in [2.05, 4.69) is 10.3 Å². The number of pyridine rings is 1. The number of aryl methyl sites for hydroxylation is 1. The molecule has 1 saturated heterocycles. The van der Waals surface area contributed by atoms with Crippen LogP contribution in [-0.4, -0.2) is 41.8 Å². The fourth-order valence-corrected chi connectivity index (χ4v) is 3.68. The standard InChI is InChI=1S/C21H23F6N3O3/c1-13-2-4-16(33-13)19(32,21(25,26)27)8-9-28-18(31)14-6-10-30(11-7-14)17-5-3-15(12-29-17)20(22,23)24/h2-5,12,14,32H,6-11H2,1H3,(H,28,31). The molecule has 182 valence electrons. The van der Waals surface area contributed by atoms with Crippen molar-refractivity contribution in [1.82, 2.24) is 10.3 Å². The highest BCUT2D eigenvalue weighted by atomic mass is 19.4. The van der Waals surface area contributed by atoms with Crippen LogP contribution in [0.3, 0.4) is 0 Å². The van der Waals surface area contributed by atoms with Gasteiger partial charge in [-0.25, -0.2) is 4.98 Å². The average molecular weight is 479 g/mol. The van der Waals surface area contributed by atoms with Gasteiger partial charge in [-0.1, -0.05) is 0 Å². The third kappa shape index (κ3) is 5.60. The molecule has 1 aliphatic rings. The van der Waals surface area contributed by atoms with Gasteiger partial charge in [-0.3, -0.25) is 4.79 Å². The van der Waals surface area contributed by atoms with Crippen molar-refractivity contribution < 1.29 is 40.7 Å². The number of carbonyl (C=O) groups is 1. The van der Waals surface area contributed by atoms with E-state index < -0.39 is 54.1 Å². The molecule has 0 bridgehead atoms. The molecule has 1 atom stereocenters. The van der Waals surface area contributed by atoms with Gasteiger partial charge in [0.25, 0.3) is 0 Å². The molecule has 12 heteroatoms. The Morgan fingerprint density at radius 3 is 2.30 bits per heavy atom. The number of hydrogen-bond acceptors (Lipinski definition) is 5. The number of piperidine rings is 1. The molecule has 0 radical (unpaired) electrons. The lowest BCUT2D eigenvalue weighted by atomic mass is 9.94. The van der Waals surface area contributed by atoms with Gasteiger partial charge in [0.2, 0.25) is 11.5 Å². The highest BCUT2D eigenvalue weighted by Crippen LogP contribution is 2.42. The van der Waals surface area contributed by atoms with E-state index in [9.17, 15) is 36.2 Å². The zero-order chi connectivity index (χ0) is 24.4. The second kappa shape index (κ2) is 9.24. The minimum Gasteiger partial charge on any atom is -0.463 e. The van der Waals surface area contributed by atoms with E-state index in [1.165, 1.54) is 19.1 Å². The first-order chi connectivity index (χ1) is 15.3. The zero-order valence-electron chi connectivity index (χ0n) is 17.6. The number of alkyl halides is 6. The average Bonchev–Trinajstić information content (AvgIpc) is 3.19. The number of rotatable bonds is 6. The van der Waals surface area contributed by atoms with E-state index in [4.69, 9.17) is 4.42 Å². The second-order valence-corrected chi connectivity index (χ2v) is 7.97. The summed E-state index contributed by atoms with van der Waals surface area (Å²) in [7, 11) is 0. The maximum atomic E-state index is 13.5. The molecule has 2 N–H and O–H groups in total. The van der Waals surface area contributed by atoms with Crippen LogP contribution in [0.2, 0.25) is 0 Å². The van der Waals surface area contributed by atoms with Crippen molar-refractivity contribution in [2.24, 2.45) is 5.92 Å². The number of nitrogens with one attached hydrogen (secondary N) is 1. The number of halogens is 6. The quantitative estimate of drug-likeness (QED) is 0.608. The predicted octanol–water partition coefficient (Wildman–Crippen LogP) is 4.17. The lowest BCUT2D eigenvalue weighted by molar-refractivity contribution is -0.274. The summed E-state index contributed by atoms with van der Waals surface area (Å²) in [5.74, 6) is -0.994. The number of aromatic nitrogens is 1. The van der Waals surface area contributed by atoms with Crippen LogP contribution in [0.1, 0.15) is 36.3 Å². The van der Waals surface area contributed by atoms with Crippen LogP contribution in [0.15, 0.2) is 34.9 Å². The van der Waals surface area contributed by atoms with Crippen LogP contribution in [0.5, 0.6) is 0 Å². The first-order valence-electron chi connectivity index (χ1n) is 10.2. The van der Waals surface area contributed by atoms with Crippen LogP contribution >= 0.6 is 0 Å². The monoisotopic (exact) mass is 479 g/mol. The first kappa shape index (κ1) is 24.9. The molecule has 1 fully saturated rings. The molecule has 1 amide bonds. The summed E-state index contributed by atoms with van der Waals surface area (Å²) >= 11 is 0. The van der Waals surface area contributed by atoms with Crippen molar-refractivity contribution in [3.8, 4) is 0 Å². The molecule has 0 aromatic carbocycles.